The van der Waals surface area contributed by atoms with Crippen molar-refractivity contribution in [1.82, 2.24) is 9.80 Å². The van der Waals surface area contributed by atoms with Crippen LogP contribution < -0.4 is 4.74 Å². The van der Waals surface area contributed by atoms with E-state index in [1.54, 1.807) is 12.1 Å². The van der Waals surface area contributed by atoms with E-state index in [-0.39, 0.29) is 0 Å². The highest BCUT2D eigenvalue weighted by atomic mass is 16.5. The summed E-state index contributed by atoms with van der Waals surface area (Å²) in [5, 5.41) is 8.87. The van der Waals surface area contributed by atoms with Crippen LogP contribution in [0, 0.1) is 11.3 Å². The molecule has 0 amide bonds. The number of rotatable bonds is 8. The van der Waals surface area contributed by atoms with Crippen molar-refractivity contribution in [1.29, 1.82) is 5.26 Å². The van der Waals surface area contributed by atoms with Gasteiger partial charge in [-0.15, -0.1) is 0 Å². The molecule has 0 atom stereocenters. The minimum atomic E-state index is 0.310. The van der Waals surface area contributed by atoms with Gasteiger partial charge in [-0.25, -0.2) is 0 Å². The van der Waals surface area contributed by atoms with Crippen LogP contribution in [0.2, 0.25) is 0 Å². The molecule has 1 aliphatic rings. The molecule has 1 saturated heterocycles. The smallest absolute Gasteiger partial charge is 0.119 e. The average molecular weight is 412 g/mol. The Kier molecular flexibility index (Phi) is 7.33. The van der Waals surface area contributed by atoms with Gasteiger partial charge in [0.25, 0.3) is 0 Å². The quantitative estimate of drug-likeness (QED) is 0.502. The van der Waals surface area contributed by atoms with Gasteiger partial charge in [0.05, 0.1) is 24.3 Å². The molecular weight excluding hydrogens is 382 g/mol. The third kappa shape index (κ3) is 5.73. The molecular formula is C27H29N3O. The van der Waals surface area contributed by atoms with Crippen molar-refractivity contribution < 1.29 is 4.74 Å². The number of benzene rings is 3. The first-order valence-electron chi connectivity index (χ1n) is 11.0. The minimum Gasteiger partial charge on any atom is -0.494 e. The predicted molar refractivity (Wildman–Crippen MR) is 124 cm³/mol. The second kappa shape index (κ2) is 10.8. The fourth-order valence-corrected chi connectivity index (χ4v) is 4.23. The molecule has 3 aromatic carbocycles. The van der Waals surface area contributed by atoms with Crippen LogP contribution in [0.25, 0.3) is 0 Å². The first kappa shape index (κ1) is 21.1. The van der Waals surface area contributed by atoms with Gasteiger partial charge < -0.3 is 9.64 Å². The summed E-state index contributed by atoms with van der Waals surface area (Å²) < 4.78 is 5.83. The van der Waals surface area contributed by atoms with Gasteiger partial charge in [-0.05, 0) is 41.8 Å². The molecule has 4 heteroatoms. The SMILES string of the molecule is N#Cc1ccc(OCCCN2CCN(C(c3ccccc3)c3ccccc3)CC2)cc1. The van der Waals surface area contributed by atoms with Crippen LogP contribution in [0.3, 0.4) is 0 Å². The maximum atomic E-state index is 8.87. The third-order valence-electron chi connectivity index (χ3n) is 5.87. The van der Waals surface area contributed by atoms with Gasteiger partial charge in [0.1, 0.15) is 5.75 Å². The number of ether oxygens (including phenoxy) is 1. The number of hydrogen-bond acceptors (Lipinski definition) is 4. The lowest BCUT2D eigenvalue weighted by molar-refractivity contribution is 0.105. The fourth-order valence-electron chi connectivity index (χ4n) is 4.23. The van der Waals surface area contributed by atoms with Gasteiger partial charge in [-0.3, -0.25) is 4.90 Å². The molecule has 0 aliphatic carbocycles. The van der Waals surface area contributed by atoms with Gasteiger partial charge in [0.2, 0.25) is 0 Å². The normalized spacial score (nSPS) is 15.0. The summed E-state index contributed by atoms with van der Waals surface area (Å²) in [6.07, 6.45) is 1.00. The molecule has 0 N–H and O–H groups in total. The molecule has 158 valence electrons. The van der Waals surface area contributed by atoms with E-state index in [1.165, 1.54) is 11.1 Å². The van der Waals surface area contributed by atoms with Crippen LogP contribution >= 0.6 is 0 Å². The van der Waals surface area contributed by atoms with E-state index in [0.29, 0.717) is 18.2 Å². The van der Waals surface area contributed by atoms with Crippen molar-refractivity contribution in [2.75, 3.05) is 39.3 Å². The molecule has 0 aromatic heterocycles. The van der Waals surface area contributed by atoms with Crippen LogP contribution in [0.15, 0.2) is 84.9 Å². The third-order valence-corrected chi connectivity index (χ3v) is 5.87. The molecule has 0 saturated carbocycles. The monoisotopic (exact) mass is 411 g/mol. The Morgan fingerprint density at radius 3 is 1.90 bits per heavy atom. The summed E-state index contributed by atoms with van der Waals surface area (Å²) in [6, 6.07) is 31.4. The first-order chi connectivity index (χ1) is 15.3. The average Bonchev–Trinajstić information content (AvgIpc) is 2.85. The Hall–Kier alpha value is -3.13. The molecule has 4 nitrogen and oxygen atoms in total. The standard InChI is InChI=1S/C27H29N3O/c28-22-23-12-14-26(15-13-23)31-21-7-16-29-17-19-30(20-18-29)27(24-8-3-1-4-9-24)25-10-5-2-6-11-25/h1-6,8-15,27H,7,16-21H2. The lowest BCUT2D eigenvalue weighted by Crippen LogP contribution is -2.48. The van der Waals surface area contributed by atoms with Crippen LogP contribution in [-0.4, -0.2) is 49.1 Å². The Bertz CT molecular complexity index is 919. The molecule has 0 bridgehead atoms. The van der Waals surface area contributed by atoms with E-state index in [9.17, 15) is 0 Å². The Morgan fingerprint density at radius 1 is 0.774 bits per heavy atom. The summed E-state index contributed by atoms with van der Waals surface area (Å²) in [6.45, 7) is 6.02. The highest BCUT2D eigenvalue weighted by Crippen LogP contribution is 2.29. The number of piperazine rings is 1. The van der Waals surface area contributed by atoms with Crippen LogP contribution in [0.5, 0.6) is 5.75 Å². The zero-order chi connectivity index (χ0) is 21.3. The predicted octanol–water partition coefficient (Wildman–Crippen LogP) is 4.73. The summed E-state index contributed by atoms with van der Waals surface area (Å²) in [5.41, 5.74) is 3.38. The highest BCUT2D eigenvalue weighted by molar-refractivity contribution is 5.34. The second-order valence-electron chi connectivity index (χ2n) is 7.94. The van der Waals surface area contributed by atoms with Gasteiger partial charge in [0.15, 0.2) is 0 Å². The summed E-state index contributed by atoms with van der Waals surface area (Å²) in [5.74, 6) is 0.831. The molecule has 0 radical (unpaired) electrons. The number of hydrogen-bond donors (Lipinski definition) is 0. The summed E-state index contributed by atoms with van der Waals surface area (Å²) >= 11 is 0. The molecule has 0 unspecified atom stereocenters. The van der Waals surface area contributed by atoms with Gasteiger partial charge >= 0.3 is 0 Å². The van der Waals surface area contributed by atoms with Gasteiger partial charge in [-0.2, -0.15) is 5.26 Å². The summed E-state index contributed by atoms with van der Waals surface area (Å²) in [7, 11) is 0. The zero-order valence-electron chi connectivity index (χ0n) is 17.9. The van der Waals surface area contributed by atoms with Crippen LogP contribution in [0.1, 0.15) is 29.2 Å². The maximum absolute atomic E-state index is 8.87. The van der Waals surface area contributed by atoms with Crippen LogP contribution in [-0.2, 0) is 0 Å². The van der Waals surface area contributed by atoms with Crippen LogP contribution in [0.4, 0.5) is 0 Å². The first-order valence-corrected chi connectivity index (χ1v) is 11.0. The molecule has 1 heterocycles. The zero-order valence-corrected chi connectivity index (χ0v) is 17.9. The number of nitriles is 1. The van der Waals surface area contributed by atoms with Crippen molar-refractivity contribution in [3.63, 3.8) is 0 Å². The van der Waals surface area contributed by atoms with E-state index in [2.05, 4.69) is 76.5 Å². The van der Waals surface area contributed by atoms with E-state index < -0.39 is 0 Å². The molecule has 4 rings (SSSR count). The van der Waals surface area contributed by atoms with Gasteiger partial charge in [-0.1, -0.05) is 60.7 Å². The maximum Gasteiger partial charge on any atom is 0.119 e. The van der Waals surface area contributed by atoms with E-state index in [1.807, 2.05) is 12.1 Å². The Labute approximate surface area is 185 Å². The second-order valence-corrected chi connectivity index (χ2v) is 7.94. The van der Waals surface area contributed by atoms with Gasteiger partial charge in [0, 0.05) is 32.7 Å². The van der Waals surface area contributed by atoms with Crippen molar-refractivity contribution in [3.05, 3.63) is 102 Å². The van der Waals surface area contributed by atoms with E-state index >= 15 is 0 Å². The van der Waals surface area contributed by atoms with E-state index in [0.717, 1.165) is 44.9 Å². The molecule has 31 heavy (non-hydrogen) atoms. The topological polar surface area (TPSA) is 39.5 Å². The lowest BCUT2D eigenvalue weighted by Gasteiger charge is -2.39. The molecule has 0 spiro atoms. The van der Waals surface area contributed by atoms with Crippen molar-refractivity contribution in [3.8, 4) is 11.8 Å². The molecule has 3 aromatic rings. The van der Waals surface area contributed by atoms with Crippen molar-refractivity contribution >= 4 is 0 Å². The lowest BCUT2D eigenvalue weighted by atomic mass is 9.96. The van der Waals surface area contributed by atoms with Crippen molar-refractivity contribution in [2.45, 2.75) is 12.5 Å². The molecule has 1 aliphatic heterocycles. The summed E-state index contributed by atoms with van der Waals surface area (Å²) in [4.78, 5) is 5.14. The minimum absolute atomic E-state index is 0.310. The van der Waals surface area contributed by atoms with Crippen molar-refractivity contribution in [2.24, 2.45) is 0 Å². The number of nitrogens with zero attached hydrogens (tertiary/aromatic N) is 3. The van der Waals surface area contributed by atoms with E-state index in [4.69, 9.17) is 10.00 Å². The largest absolute Gasteiger partial charge is 0.494 e. The molecule has 1 fully saturated rings. The fraction of sp³-hybridized carbons (Fsp3) is 0.296. The highest BCUT2D eigenvalue weighted by Gasteiger charge is 2.26. The Morgan fingerprint density at radius 2 is 1.35 bits per heavy atom. The Balaban J connectivity index is 1.27.